The van der Waals surface area contributed by atoms with Crippen LogP contribution in [0.3, 0.4) is 0 Å². The van der Waals surface area contributed by atoms with E-state index in [2.05, 4.69) is 12.2 Å². The number of rotatable bonds is 4. The Bertz CT molecular complexity index is 380. The van der Waals surface area contributed by atoms with Crippen molar-refractivity contribution in [2.45, 2.75) is 44.7 Å². The number of thiophene rings is 1. The van der Waals surface area contributed by atoms with E-state index in [1.807, 2.05) is 11.4 Å². The third kappa shape index (κ3) is 2.44. The van der Waals surface area contributed by atoms with Gasteiger partial charge < -0.3 is 10.4 Å². The Morgan fingerprint density at radius 3 is 2.88 bits per heavy atom. The summed E-state index contributed by atoms with van der Waals surface area (Å²) >= 11 is 1.30. The third-order valence-corrected chi connectivity index (χ3v) is 4.30. The van der Waals surface area contributed by atoms with E-state index < -0.39 is 5.97 Å². The number of carboxylic acid groups (broad SMARTS) is 1. The van der Waals surface area contributed by atoms with Gasteiger partial charge in [0.2, 0.25) is 0 Å². The van der Waals surface area contributed by atoms with Gasteiger partial charge >= 0.3 is 5.97 Å². The molecule has 1 saturated carbocycles. The molecule has 0 saturated heterocycles. The molecule has 1 aliphatic rings. The summed E-state index contributed by atoms with van der Waals surface area (Å²) in [6, 6.07) is 1.90. The summed E-state index contributed by atoms with van der Waals surface area (Å²) in [5.41, 5.74) is 1.11. The van der Waals surface area contributed by atoms with Gasteiger partial charge in [-0.3, -0.25) is 0 Å². The molecule has 1 aromatic heterocycles. The smallest absolute Gasteiger partial charge is 0.346 e. The number of hydrogen-bond acceptors (Lipinski definition) is 3. The van der Waals surface area contributed by atoms with Crippen molar-refractivity contribution >= 4 is 17.3 Å². The van der Waals surface area contributed by atoms with Gasteiger partial charge in [0.25, 0.3) is 0 Å². The zero-order valence-corrected chi connectivity index (χ0v) is 10.3. The van der Waals surface area contributed by atoms with Crippen LogP contribution in [0.5, 0.6) is 0 Å². The minimum atomic E-state index is -0.816. The fraction of sp³-hybridized carbons (Fsp3) is 0.583. The predicted molar refractivity (Wildman–Crippen MR) is 65.0 cm³/mol. The monoisotopic (exact) mass is 239 g/mol. The number of aromatic carboxylic acids is 1. The second kappa shape index (κ2) is 4.55. The Kier molecular flexibility index (Phi) is 3.30. The molecule has 0 unspecified atom stereocenters. The lowest BCUT2D eigenvalue weighted by molar-refractivity contribution is 0.0700. The fourth-order valence-electron chi connectivity index (χ4n) is 2.30. The fourth-order valence-corrected chi connectivity index (χ4v) is 3.06. The molecule has 4 heteroatoms. The first-order valence-corrected chi connectivity index (χ1v) is 6.53. The van der Waals surface area contributed by atoms with E-state index >= 15 is 0 Å². The lowest BCUT2D eigenvalue weighted by Crippen LogP contribution is -2.38. The number of carbonyl (C=O) groups is 1. The van der Waals surface area contributed by atoms with Crippen LogP contribution in [-0.4, -0.2) is 16.6 Å². The molecule has 0 aliphatic heterocycles. The van der Waals surface area contributed by atoms with Crippen molar-refractivity contribution in [1.82, 2.24) is 5.32 Å². The van der Waals surface area contributed by atoms with E-state index in [-0.39, 0.29) is 5.54 Å². The van der Waals surface area contributed by atoms with Crippen LogP contribution in [0.15, 0.2) is 11.4 Å². The second-order valence-electron chi connectivity index (χ2n) is 4.70. The SMILES string of the molecule is CC1(NCc2ccsc2C(=O)O)CCCC1. The van der Waals surface area contributed by atoms with Crippen LogP contribution in [0, 0.1) is 0 Å². The van der Waals surface area contributed by atoms with Crippen LogP contribution in [0.4, 0.5) is 0 Å². The van der Waals surface area contributed by atoms with Gasteiger partial charge in [0.15, 0.2) is 0 Å². The average Bonchev–Trinajstić information content (AvgIpc) is 2.83. The maximum Gasteiger partial charge on any atom is 0.346 e. The van der Waals surface area contributed by atoms with Crippen LogP contribution in [-0.2, 0) is 6.54 Å². The molecule has 2 rings (SSSR count). The standard InChI is InChI=1S/C12H17NO2S/c1-12(5-2-3-6-12)13-8-9-4-7-16-10(9)11(14)15/h4,7,13H,2-3,5-6,8H2,1H3,(H,14,15). The molecular weight excluding hydrogens is 222 g/mol. The van der Waals surface area contributed by atoms with Crippen molar-refractivity contribution in [2.75, 3.05) is 0 Å². The molecule has 0 radical (unpaired) electrons. The molecular formula is C12H17NO2S. The van der Waals surface area contributed by atoms with Crippen LogP contribution >= 0.6 is 11.3 Å². The number of hydrogen-bond donors (Lipinski definition) is 2. The van der Waals surface area contributed by atoms with E-state index in [1.54, 1.807) is 0 Å². The highest BCUT2D eigenvalue weighted by atomic mass is 32.1. The van der Waals surface area contributed by atoms with Crippen molar-refractivity contribution in [3.63, 3.8) is 0 Å². The number of nitrogens with one attached hydrogen (secondary N) is 1. The normalized spacial score (nSPS) is 18.8. The topological polar surface area (TPSA) is 49.3 Å². The van der Waals surface area contributed by atoms with E-state index in [1.165, 1.54) is 37.0 Å². The van der Waals surface area contributed by atoms with Crippen molar-refractivity contribution in [3.05, 3.63) is 21.9 Å². The second-order valence-corrected chi connectivity index (χ2v) is 5.62. The zero-order valence-electron chi connectivity index (χ0n) is 9.45. The Morgan fingerprint density at radius 1 is 1.56 bits per heavy atom. The molecule has 88 valence electrons. The lowest BCUT2D eigenvalue weighted by Gasteiger charge is -2.25. The Morgan fingerprint density at radius 2 is 2.25 bits per heavy atom. The van der Waals surface area contributed by atoms with E-state index in [0.29, 0.717) is 11.4 Å². The van der Waals surface area contributed by atoms with Gasteiger partial charge in [-0.2, -0.15) is 0 Å². The van der Waals surface area contributed by atoms with Gasteiger partial charge in [-0.1, -0.05) is 12.8 Å². The van der Waals surface area contributed by atoms with Gasteiger partial charge in [0, 0.05) is 12.1 Å². The third-order valence-electron chi connectivity index (χ3n) is 3.35. The van der Waals surface area contributed by atoms with Gasteiger partial charge in [-0.15, -0.1) is 11.3 Å². The van der Waals surface area contributed by atoms with Gasteiger partial charge in [-0.05, 0) is 36.8 Å². The predicted octanol–water partition coefficient (Wildman–Crippen LogP) is 2.87. The van der Waals surface area contributed by atoms with E-state index in [4.69, 9.17) is 5.11 Å². The molecule has 0 aromatic carbocycles. The van der Waals surface area contributed by atoms with Gasteiger partial charge in [-0.25, -0.2) is 4.79 Å². The summed E-state index contributed by atoms with van der Waals surface area (Å²) in [5, 5.41) is 14.3. The molecule has 16 heavy (non-hydrogen) atoms. The zero-order chi connectivity index (χ0) is 11.6. The van der Waals surface area contributed by atoms with Crippen molar-refractivity contribution < 1.29 is 9.90 Å². The molecule has 1 heterocycles. The van der Waals surface area contributed by atoms with E-state index in [0.717, 1.165) is 5.56 Å². The maximum atomic E-state index is 10.9. The first kappa shape index (κ1) is 11.6. The Labute approximate surface area is 99.5 Å². The molecule has 3 nitrogen and oxygen atoms in total. The highest BCUT2D eigenvalue weighted by Crippen LogP contribution is 2.29. The molecule has 0 bridgehead atoms. The van der Waals surface area contributed by atoms with Gasteiger partial charge in [0.05, 0.1) is 0 Å². The summed E-state index contributed by atoms with van der Waals surface area (Å²) in [6.45, 7) is 2.90. The molecule has 1 fully saturated rings. The number of carboxylic acids is 1. The van der Waals surface area contributed by atoms with Crippen LogP contribution in [0.2, 0.25) is 0 Å². The molecule has 1 aliphatic carbocycles. The van der Waals surface area contributed by atoms with Gasteiger partial charge in [0.1, 0.15) is 4.88 Å². The summed E-state index contributed by atoms with van der Waals surface area (Å²) in [6.07, 6.45) is 4.94. The molecule has 1 aromatic rings. The van der Waals surface area contributed by atoms with Crippen molar-refractivity contribution in [3.8, 4) is 0 Å². The Hall–Kier alpha value is -0.870. The first-order valence-electron chi connectivity index (χ1n) is 5.65. The molecule has 2 N–H and O–H groups in total. The van der Waals surface area contributed by atoms with Crippen LogP contribution in [0.25, 0.3) is 0 Å². The summed E-state index contributed by atoms with van der Waals surface area (Å²) < 4.78 is 0. The van der Waals surface area contributed by atoms with Crippen molar-refractivity contribution in [1.29, 1.82) is 0 Å². The minimum absolute atomic E-state index is 0.206. The summed E-state index contributed by atoms with van der Waals surface area (Å²) in [4.78, 5) is 11.4. The molecule has 0 atom stereocenters. The molecule has 0 amide bonds. The van der Waals surface area contributed by atoms with Crippen LogP contribution < -0.4 is 5.32 Å². The highest BCUT2D eigenvalue weighted by Gasteiger charge is 2.28. The Balaban J connectivity index is 1.99. The highest BCUT2D eigenvalue weighted by molar-refractivity contribution is 7.12. The summed E-state index contributed by atoms with van der Waals surface area (Å²) in [7, 11) is 0. The van der Waals surface area contributed by atoms with Crippen molar-refractivity contribution in [2.24, 2.45) is 0 Å². The first-order chi connectivity index (χ1) is 7.61. The minimum Gasteiger partial charge on any atom is -0.477 e. The average molecular weight is 239 g/mol. The van der Waals surface area contributed by atoms with E-state index in [9.17, 15) is 4.79 Å². The largest absolute Gasteiger partial charge is 0.477 e. The quantitative estimate of drug-likeness (QED) is 0.849. The summed E-state index contributed by atoms with van der Waals surface area (Å²) in [5.74, 6) is -0.816. The maximum absolute atomic E-state index is 10.9. The molecule has 0 spiro atoms. The lowest BCUT2D eigenvalue weighted by atomic mass is 10.0. The van der Waals surface area contributed by atoms with Crippen LogP contribution in [0.1, 0.15) is 47.8 Å².